The molecule has 2 heterocycles. The Kier molecular flexibility index (Phi) is 3.33. The van der Waals surface area contributed by atoms with E-state index in [2.05, 4.69) is 19.2 Å². The second-order valence-corrected chi connectivity index (χ2v) is 5.92. The van der Waals surface area contributed by atoms with Gasteiger partial charge in [-0.2, -0.15) is 0 Å². The molecule has 1 saturated carbocycles. The van der Waals surface area contributed by atoms with E-state index in [1.54, 1.807) is 0 Å². The third-order valence-electron chi connectivity index (χ3n) is 4.34. The summed E-state index contributed by atoms with van der Waals surface area (Å²) < 4.78 is 0. The van der Waals surface area contributed by atoms with Gasteiger partial charge in [-0.15, -0.1) is 0 Å². The fraction of sp³-hybridized carbons (Fsp3) is 0.733. The summed E-state index contributed by atoms with van der Waals surface area (Å²) in [6.45, 7) is 6.48. The van der Waals surface area contributed by atoms with Crippen molar-refractivity contribution in [3.05, 3.63) is 22.8 Å². The number of aryl methyl sites for hydroxylation is 1. The van der Waals surface area contributed by atoms with Gasteiger partial charge in [0.1, 0.15) is 5.82 Å². The van der Waals surface area contributed by atoms with Crippen LogP contribution in [0.1, 0.15) is 68.2 Å². The topological polar surface area (TPSA) is 37.8 Å². The number of hydrogen-bond acceptors (Lipinski definition) is 3. The lowest BCUT2D eigenvalue weighted by Crippen LogP contribution is -2.09. The predicted octanol–water partition coefficient (Wildman–Crippen LogP) is 2.94. The Morgan fingerprint density at radius 1 is 1.22 bits per heavy atom. The summed E-state index contributed by atoms with van der Waals surface area (Å²) in [6.07, 6.45) is 6.16. The van der Waals surface area contributed by atoms with Crippen LogP contribution in [0.25, 0.3) is 0 Å². The van der Waals surface area contributed by atoms with Crippen LogP contribution < -0.4 is 5.32 Å². The van der Waals surface area contributed by atoms with Crippen molar-refractivity contribution in [2.45, 2.75) is 65.0 Å². The van der Waals surface area contributed by atoms with Gasteiger partial charge in [0, 0.05) is 30.3 Å². The molecule has 1 aromatic rings. The Morgan fingerprint density at radius 2 is 2.11 bits per heavy atom. The standard InChI is InChI=1S/C15H23N3/c1-3-4-13-12-8-16-9-14(12)18-15(17-13)11-6-5-10(2)7-11/h10-11,16H,3-9H2,1-2H3. The maximum Gasteiger partial charge on any atom is 0.132 e. The predicted molar refractivity (Wildman–Crippen MR) is 72.3 cm³/mol. The highest BCUT2D eigenvalue weighted by Crippen LogP contribution is 2.37. The van der Waals surface area contributed by atoms with E-state index in [1.165, 1.54) is 42.6 Å². The van der Waals surface area contributed by atoms with Crippen molar-refractivity contribution >= 4 is 0 Å². The van der Waals surface area contributed by atoms with Gasteiger partial charge < -0.3 is 5.32 Å². The molecule has 1 aliphatic heterocycles. The second-order valence-electron chi connectivity index (χ2n) is 5.92. The maximum absolute atomic E-state index is 4.90. The van der Waals surface area contributed by atoms with Crippen LogP contribution in [0.15, 0.2) is 0 Å². The maximum atomic E-state index is 4.90. The van der Waals surface area contributed by atoms with Crippen LogP contribution in [0.4, 0.5) is 0 Å². The Hall–Kier alpha value is -0.960. The Balaban J connectivity index is 1.93. The van der Waals surface area contributed by atoms with Crippen LogP contribution in [0.3, 0.4) is 0 Å². The van der Waals surface area contributed by atoms with Gasteiger partial charge in [0.25, 0.3) is 0 Å². The fourth-order valence-corrected chi connectivity index (χ4v) is 3.33. The van der Waals surface area contributed by atoms with Crippen LogP contribution in [0.5, 0.6) is 0 Å². The molecular weight excluding hydrogens is 222 g/mol. The molecule has 1 N–H and O–H groups in total. The first-order chi connectivity index (χ1) is 8.78. The largest absolute Gasteiger partial charge is 0.307 e. The Morgan fingerprint density at radius 3 is 2.83 bits per heavy atom. The molecule has 18 heavy (non-hydrogen) atoms. The zero-order valence-electron chi connectivity index (χ0n) is 11.5. The fourth-order valence-electron chi connectivity index (χ4n) is 3.33. The summed E-state index contributed by atoms with van der Waals surface area (Å²) in [6, 6.07) is 0. The molecule has 3 rings (SSSR count). The highest BCUT2D eigenvalue weighted by atomic mass is 15.0. The Labute approximate surface area is 109 Å². The summed E-state index contributed by atoms with van der Waals surface area (Å²) >= 11 is 0. The Bertz CT molecular complexity index is 442. The third kappa shape index (κ3) is 2.16. The lowest BCUT2D eigenvalue weighted by molar-refractivity contribution is 0.581. The number of nitrogens with one attached hydrogen (secondary N) is 1. The average molecular weight is 245 g/mol. The highest BCUT2D eigenvalue weighted by molar-refractivity contribution is 5.30. The molecule has 3 nitrogen and oxygen atoms in total. The van der Waals surface area contributed by atoms with Gasteiger partial charge in [-0.05, 0) is 31.6 Å². The van der Waals surface area contributed by atoms with E-state index in [1.807, 2.05) is 0 Å². The molecule has 3 heteroatoms. The van der Waals surface area contributed by atoms with E-state index in [0.29, 0.717) is 5.92 Å². The molecule has 0 amide bonds. The molecule has 2 atom stereocenters. The van der Waals surface area contributed by atoms with Crippen molar-refractivity contribution in [3.8, 4) is 0 Å². The minimum atomic E-state index is 0.613. The molecule has 1 fully saturated rings. The molecular formula is C15H23N3. The molecule has 1 aliphatic carbocycles. The molecule has 2 unspecified atom stereocenters. The first-order valence-corrected chi connectivity index (χ1v) is 7.37. The molecule has 0 spiro atoms. The summed E-state index contributed by atoms with van der Waals surface area (Å²) in [5.41, 5.74) is 3.96. The van der Waals surface area contributed by atoms with E-state index < -0.39 is 0 Å². The van der Waals surface area contributed by atoms with Crippen molar-refractivity contribution < 1.29 is 0 Å². The first-order valence-electron chi connectivity index (χ1n) is 7.37. The zero-order valence-corrected chi connectivity index (χ0v) is 11.5. The quantitative estimate of drug-likeness (QED) is 0.889. The van der Waals surface area contributed by atoms with Gasteiger partial charge in [-0.25, -0.2) is 9.97 Å². The third-order valence-corrected chi connectivity index (χ3v) is 4.34. The van der Waals surface area contributed by atoms with Crippen LogP contribution in [0.2, 0.25) is 0 Å². The van der Waals surface area contributed by atoms with Gasteiger partial charge in [0.05, 0.1) is 5.69 Å². The van der Waals surface area contributed by atoms with E-state index in [4.69, 9.17) is 9.97 Å². The minimum absolute atomic E-state index is 0.613. The monoisotopic (exact) mass is 245 g/mol. The van der Waals surface area contributed by atoms with Crippen LogP contribution >= 0.6 is 0 Å². The van der Waals surface area contributed by atoms with Crippen molar-refractivity contribution in [3.63, 3.8) is 0 Å². The zero-order chi connectivity index (χ0) is 12.5. The van der Waals surface area contributed by atoms with Gasteiger partial charge >= 0.3 is 0 Å². The summed E-state index contributed by atoms with van der Waals surface area (Å²) in [7, 11) is 0. The summed E-state index contributed by atoms with van der Waals surface area (Å²) in [5.74, 6) is 2.59. The minimum Gasteiger partial charge on any atom is -0.307 e. The van der Waals surface area contributed by atoms with Gasteiger partial charge in [0.15, 0.2) is 0 Å². The van der Waals surface area contributed by atoms with Crippen molar-refractivity contribution in [2.75, 3.05) is 0 Å². The first kappa shape index (κ1) is 12.1. The van der Waals surface area contributed by atoms with Gasteiger partial charge in [-0.1, -0.05) is 20.3 Å². The van der Waals surface area contributed by atoms with E-state index >= 15 is 0 Å². The van der Waals surface area contributed by atoms with Gasteiger partial charge in [-0.3, -0.25) is 0 Å². The molecule has 1 aromatic heterocycles. The lowest BCUT2D eigenvalue weighted by atomic mass is 10.0. The van der Waals surface area contributed by atoms with Crippen molar-refractivity contribution in [1.82, 2.24) is 15.3 Å². The number of hydrogen-bond donors (Lipinski definition) is 1. The lowest BCUT2D eigenvalue weighted by Gasteiger charge is -2.13. The average Bonchev–Trinajstić information content (AvgIpc) is 2.97. The van der Waals surface area contributed by atoms with Gasteiger partial charge in [0.2, 0.25) is 0 Å². The molecule has 98 valence electrons. The molecule has 0 radical (unpaired) electrons. The van der Waals surface area contributed by atoms with Crippen molar-refractivity contribution in [1.29, 1.82) is 0 Å². The van der Waals surface area contributed by atoms with E-state index in [9.17, 15) is 0 Å². The molecule has 0 aromatic carbocycles. The highest BCUT2D eigenvalue weighted by Gasteiger charge is 2.27. The van der Waals surface area contributed by atoms with E-state index in [0.717, 1.165) is 31.3 Å². The van der Waals surface area contributed by atoms with Crippen molar-refractivity contribution in [2.24, 2.45) is 5.92 Å². The molecule has 2 aliphatic rings. The smallest absolute Gasteiger partial charge is 0.132 e. The molecule has 0 bridgehead atoms. The second kappa shape index (κ2) is 4.96. The van der Waals surface area contributed by atoms with Crippen LogP contribution in [-0.4, -0.2) is 9.97 Å². The summed E-state index contributed by atoms with van der Waals surface area (Å²) in [4.78, 5) is 9.74. The molecule has 0 saturated heterocycles. The van der Waals surface area contributed by atoms with Crippen LogP contribution in [-0.2, 0) is 19.5 Å². The number of nitrogens with zero attached hydrogens (tertiary/aromatic N) is 2. The van der Waals surface area contributed by atoms with Crippen LogP contribution in [0, 0.1) is 5.92 Å². The number of fused-ring (bicyclic) bond motifs is 1. The SMILES string of the molecule is CCCc1nc(C2CCC(C)C2)nc2c1CNC2. The summed E-state index contributed by atoms with van der Waals surface area (Å²) in [5, 5.41) is 3.41. The normalized spacial score (nSPS) is 26.6. The number of aromatic nitrogens is 2. The number of rotatable bonds is 3. The van der Waals surface area contributed by atoms with E-state index in [-0.39, 0.29) is 0 Å².